The lowest BCUT2D eigenvalue weighted by molar-refractivity contribution is 0.329. The maximum Gasteiger partial charge on any atom is 0.107 e. The molecular weight excluding hydrogens is 359 g/mol. The normalized spacial score (nSPS) is 16.9. The summed E-state index contributed by atoms with van der Waals surface area (Å²) in [6.45, 7) is 0. The van der Waals surface area contributed by atoms with Gasteiger partial charge in [-0.1, -0.05) is 44.9 Å². The van der Waals surface area contributed by atoms with Crippen LogP contribution in [0.4, 0.5) is 0 Å². The van der Waals surface area contributed by atoms with Crippen LogP contribution in [-0.2, 0) is 6.42 Å². The van der Waals surface area contributed by atoms with Crippen LogP contribution in [0.25, 0.3) is 11.0 Å². The topological polar surface area (TPSA) is 28.7 Å². The molecule has 3 heteroatoms. The zero-order valence-corrected chi connectivity index (χ0v) is 14.2. The summed E-state index contributed by atoms with van der Waals surface area (Å²) in [7, 11) is 0. The number of aromatic amines is 1. The second kappa shape index (κ2) is 6.92. The Hall–Kier alpha value is -0.580. The van der Waals surface area contributed by atoms with Gasteiger partial charge in [-0.3, -0.25) is 0 Å². The van der Waals surface area contributed by atoms with Gasteiger partial charge in [-0.15, -0.1) is 0 Å². The maximum atomic E-state index is 4.68. The Morgan fingerprint density at radius 1 is 1.15 bits per heavy atom. The van der Waals surface area contributed by atoms with Crippen molar-refractivity contribution in [1.29, 1.82) is 0 Å². The summed E-state index contributed by atoms with van der Waals surface area (Å²) in [5, 5.41) is 0. The highest BCUT2D eigenvalue weighted by molar-refractivity contribution is 14.1. The number of aromatic nitrogens is 2. The molecule has 0 radical (unpaired) electrons. The molecule has 2 aromatic rings. The molecule has 0 atom stereocenters. The molecule has 0 aliphatic heterocycles. The van der Waals surface area contributed by atoms with E-state index in [1.807, 2.05) is 0 Å². The second-order valence-corrected chi connectivity index (χ2v) is 7.34. The van der Waals surface area contributed by atoms with Crippen LogP contribution in [-0.4, -0.2) is 9.97 Å². The fourth-order valence-electron chi connectivity index (χ4n) is 3.35. The third-order valence-electron chi connectivity index (χ3n) is 4.49. The number of halogens is 1. The van der Waals surface area contributed by atoms with E-state index < -0.39 is 0 Å². The first-order valence-corrected chi connectivity index (χ1v) is 9.03. The summed E-state index contributed by atoms with van der Waals surface area (Å²) < 4.78 is 1.27. The Balaban J connectivity index is 1.47. The predicted octanol–water partition coefficient (Wildman–Crippen LogP) is 5.46. The molecule has 1 fully saturated rings. The number of nitrogens with zero attached hydrogens (tertiary/aromatic N) is 1. The van der Waals surface area contributed by atoms with Crippen molar-refractivity contribution in [3.63, 3.8) is 0 Å². The highest BCUT2D eigenvalue weighted by Crippen LogP contribution is 2.28. The van der Waals surface area contributed by atoms with Gasteiger partial charge in [-0.2, -0.15) is 0 Å². The molecule has 1 aromatic heterocycles. The number of imidazole rings is 1. The van der Waals surface area contributed by atoms with E-state index >= 15 is 0 Å². The molecule has 2 nitrogen and oxygen atoms in total. The summed E-state index contributed by atoms with van der Waals surface area (Å²) in [5.74, 6) is 2.17. The van der Waals surface area contributed by atoms with Gasteiger partial charge in [0, 0.05) is 9.99 Å². The Morgan fingerprint density at radius 2 is 2.00 bits per heavy atom. The zero-order chi connectivity index (χ0) is 13.8. The van der Waals surface area contributed by atoms with Crippen molar-refractivity contribution >= 4 is 33.6 Å². The molecule has 3 rings (SSSR count). The molecule has 1 heterocycles. The molecule has 1 aliphatic carbocycles. The van der Waals surface area contributed by atoms with Crippen LogP contribution < -0.4 is 0 Å². The minimum atomic E-state index is 1.01. The van der Waals surface area contributed by atoms with Gasteiger partial charge in [0.05, 0.1) is 11.0 Å². The molecule has 1 N–H and O–H groups in total. The summed E-state index contributed by atoms with van der Waals surface area (Å²) in [4.78, 5) is 8.14. The molecule has 108 valence electrons. The monoisotopic (exact) mass is 382 g/mol. The number of H-pyrrole nitrogens is 1. The van der Waals surface area contributed by atoms with E-state index in [0.717, 1.165) is 23.7 Å². The van der Waals surface area contributed by atoms with Gasteiger partial charge in [0.2, 0.25) is 0 Å². The summed E-state index contributed by atoms with van der Waals surface area (Å²) >= 11 is 2.35. The van der Waals surface area contributed by atoms with Gasteiger partial charge in [-0.25, -0.2) is 4.98 Å². The van der Waals surface area contributed by atoms with E-state index in [0.29, 0.717) is 0 Å². The van der Waals surface area contributed by atoms with Crippen molar-refractivity contribution in [2.75, 3.05) is 0 Å². The van der Waals surface area contributed by atoms with Crippen LogP contribution in [0.5, 0.6) is 0 Å². The number of fused-ring (bicyclic) bond motifs is 1. The van der Waals surface area contributed by atoms with Crippen molar-refractivity contribution in [2.45, 2.75) is 57.8 Å². The van der Waals surface area contributed by atoms with E-state index in [4.69, 9.17) is 0 Å². The van der Waals surface area contributed by atoms with Gasteiger partial charge in [0.15, 0.2) is 0 Å². The molecule has 0 saturated heterocycles. The average molecular weight is 382 g/mol. The molecule has 0 unspecified atom stereocenters. The fraction of sp³-hybridized carbons (Fsp3) is 0.588. The second-order valence-electron chi connectivity index (χ2n) is 6.09. The Kier molecular flexibility index (Phi) is 4.97. The van der Waals surface area contributed by atoms with Crippen LogP contribution in [0.2, 0.25) is 0 Å². The van der Waals surface area contributed by atoms with Crippen molar-refractivity contribution in [2.24, 2.45) is 5.92 Å². The third-order valence-corrected chi connectivity index (χ3v) is 5.16. The third kappa shape index (κ3) is 3.74. The average Bonchev–Trinajstić information content (AvgIpc) is 2.86. The Labute approximate surface area is 134 Å². The molecule has 1 aromatic carbocycles. The lowest BCUT2D eigenvalue weighted by Crippen LogP contribution is -2.06. The van der Waals surface area contributed by atoms with Crippen LogP contribution >= 0.6 is 22.6 Å². The molecule has 1 aliphatic rings. The molecule has 0 spiro atoms. The zero-order valence-electron chi connectivity index (χ0n) is 12.0. The minimum absolute atomic E-state index is 1.01. The first-order chi connectivity index (χ1) is 9.81. The maximum absolute atomic E-state index is 4.68. The van der Waals surface area contributed by atoms with Crippen LogP contribution in [0.1, 0.15) is 57.2 Å². The highest BCUT2D eigenvalue weighted by Gasteiger charge is 2.12. The summed E-state index contributed by atoms with van der Waals surface area (Å²) in [5.41, 5.74) is 2.28. The van der Waals surface area contributed by atoms with E-state index in [2.05, 4.69) is 50.8 Å². The Morgan fingerprint density at radius 3 is 2.85 bits per heavy atom. The Bertz CT molecular complexity index is 555. The summed E-state index contributed by atoms with van der Waals surface area (Å²) in [6, 6.07) is 6.41. The van der Waals surface area contributed by atoms with E-state index in [9.17, 15) is 0 Å². The molecule has 0 amide bonds. The van der Waals surface area contributed by atoms with E-state index in [-0.39, 0.29) is 0 Å². The molecule has 1 saturated carbocycles. The number of nitrogens with one attached hydrogen (secondary N) is 1. The quantitative estimate of drug-likeness (QED) is 0.540. The highest BCUT2D eigenvalue weighted by atomic mass is 127. The lowest BCUT2D eigenvalue weighted by Gasteiger charge is -2.21. The molecule has 0 bridgehead atoms. The minimum Gasteiger partial charge on any atom is -0.342 e. The number of unbranched alkanes of at least 4 members (excludes halogenated alkanes) is 1. The molecular formula is C17H23IN2. The van der Waals surface area contributed by atoms with Crippen molar-refractivity contribution in [3.8, 4) is 0 Å². The van der Waals surface area contributed by atoms with Crippen LogP contribution in [0.15, 0.2) is 18.2 Å². The predicted molar refractivity (Wildman–Crippen MR) is 92.9 cm³/mol. The van der Waals surface area contributed by atoms with Gasteiger partial charge in [-0.05, 0) is 53.1 Å². The number of rotatable bonds is 5. The van der Waals surface area contributed by atoms with Gasteiger partial charge >= 0.3 is 0 Å². The number of benzene rings is 1. The van der Waals surface area contributed by atoms with Crippen molar-refractivity contribution < 1.29 is 0 Å². The standard InChI is InChI=1S/C17H23IN2/c18-14-10-11-15-16(12-14)20-17(19-15)9-5-4-8-13-6-2-1-3-7-13/h10-13H,1-9H2,(H,19,20). The van der Waals surface area contributed by atoms with E-state index in [1.165, 1.54) is 60.5 Å². The van der Waals surface area contributed by atoms with Crippen LogP contribution in [0.3, 0.4) is 0 Å². The number of aryl methyl sites for hydroxylation is 1. The van der Waals surface area contributed by atoms with Crippen molar-refractivity contribution in [3.05, 3.63) is 27.6 Å². The fourth-order valence-corrected chi connectivity index (χ4v) is 3.85. The smallest absolute Gasteiger partial charge is 0.107 e. The number of hydrogen-bond acceptors (Lipinski definition) is 1. The number of hydrogen-bond donors (Lipinski definition) is 1. The first-order valence-electron chi connectivity index (χ1n) is 7.95. The van der Waals surface area contributed by atoms with Crippen LogP contribution in [0, 0.1) is 9.49 Å². The first kappa shape index (κ1) is 14.4. The van der Waals surface area contributed by atoms with Gasteiger partial charge < -0.3 is 4.98 Å². The SMILES string of the molecule is Ic1ccc2nc(CCCCC3CCCCC3)[nH]c2c1. The van der Waals surface area contributed by atoms with Crippen molar-refractivity contribution in [1.82, 2.24) is 9.97 Å². The molecule has 20 heavy (non-hydrogen) atoms. The van der Waals surface area contributed by atoms with E-state index in [1.54, 1.807) is 0 Å². The lowest BCUT2D eigenvalue weighted by atomic mass is 9.85. The van der Waals surface area contributed by atoms with Gasteiger partial charge in [0.25, 0.3) is 0 Å². The summed E-state index contributed by atoms with van der Waals surface area (Å²) in [6.07, 6.45) is 12.5. The van der Waals surface area contributed by atoms with Gasteiger partial charge in [0.1, 0.15) is 5.82 Å². The largest absolute Gasteiger partial charge is 0.342 e.